The number of nitrogens with one attached hydrogen (secondary N) is 1. The predicted molar refractivity (Wildman–Crippen MR) is 84.9 cm³/mol. The highest BCUT2D eigenvalue weighted by Crippen LogP contribution is 2.26. The van der Waals surface area contributed by atoms with E-state index in [9.17, 15) is 4.79 Å². The topological polar surface area (TPSA) is 64.3 Å². The Labute approximate surface area is 132 Å². The summed E-state index contributed by atoms with van der Waals surface area (Å²) >= 11 is 12.0. The van der Waals surface area contributed by atoms with Crippen molar-refractivity contribution in [3.8, 4) is 5.75 Å². The van der Waals surface area contributed by atoms with E-state index < -0.39 is 0 Å². The maximum atomic E-state index is 11.9. The van der Waals surface area contributed by atoms with E-state index in [-0.39, 0.29) is 19.1 Å². The summed E-state index contributed by atoms with van der Waals surface area (Å²) in [6.45, 7) is 0.0830. The van der Waals surface area contributed by atoms with E-state index in [1.165, 1.54) is 0 Å². The standard InChI is InChI=1S/C15H14Cl2N2O2/c16-11-5-3-7-14(10(11)8-18)21-9-15(20)19-13-6-2-1-4-12(13)17/h1-7H,8-9,18H2,(H,19,20). The van der Waals surface area contributed by atoms with Gasteiger partial charge in [-0.3, -0.25) is 4.79 Å². The third-order valence-electron chi connectivity index (χ3n) is 2.79. The summed E-state index contributed by atoms with van der Waals surface area (Å²) in [5.74, 6) is 0.186. The number of halogens is 2. The van der Waals surface area contributed by atoms with Crippen LogP contribution in [0.15, 0.2) is 42.5 Å². The number of nitrogens with two attached hydrogens (primary N) is 1. The fraction of sp³-hybridized carbons (Fsp3) is 0.133. The quantitative estimate of drug-likeness (QED) is 0.885. The largest absolute Gasteiger partial charge is 0.483 e. The number of para-hydroxylation sites is 1. The van der Waals surface area contributed by atoms with Crippen LogP contribution >= 0.6 is 23.2 Å². The van der Waals surface area contributed by atoms with Gasteiger partial charge in [0.15, 0.2) is 6.61 Å². The van der Waals surface area contributed by atoms with Gasteiger partial charge in [-0.25, -0.2) is 0 Å². The molecule has 3 N–H and O–H groups in total. The van der Waals surface area contributed by atoms with Crippen LogP contribution in [0.4, 0.5) is 5.69 Å². The number of hydrogen-bond acceptors (Lipinski definition) is 3. The number of rotatable bonds is 5. The summed E-state index contributed by atoms with van der Waals surface area (Å²) in [4.78, 5) is 11.9. The Bertz CT molecular complexity index is 647. The monoisotopic (exact) mass is 324 g/mol. The van der Waals surface area contributed by atoms with E-state index in [4.69, 9.17) is 33.7 Å². The fourth-order valence-corrected chi connectivity index (χ4v) is 2.19. The Morgan fingerprint density at radius 3 is 2.52 bits per heavy atom. The molecular formula is C15H14Cl2N2O2. The average molecular weight is 325 g/mol. The molecule has 0 aliphatic rings. The smallest absolute Gasteiger partial charge is 0.262 e. The van der Waals surface area contributed by atoms with Crippen molar-refractivity contribution in [3.05, 3.63) is 58.1 Å². The second-order valence-electron chi connectivity index (χ2n) is 4.24. The van der Waals surface area contributed by atoms with E-state index in [0.717, 1.165) is 0 Å². The molecule has 2 aromatic rings. The Balaban J connectivity index is 1.99. The molecule has 6 heteroatoms. The van der Waals surface area contributed by atoms with Gasteiger partial charge in [-0.1, -0.05) is 41.4 Å². The normalized spacial score (nSPS) is 10.2. The summed E-state index contributed by atoms with van der Waals surface area (Å²) in [6.07, 6.45) is 0. The molecule has 0 aliphatic heterocycles. The lowest BCUT2D eigenvalue weighted by Crippen LogP contribution is -2.21. The maximum absolute atomic E-state index is 11.9. The number of carbonyl (C=O) groups is 1. The number of carbonyl (C=O) groups excluding carboxylic acids is 1. The van der Waals surface area contributed by atoms with Crippen molar-refractivity contribution in [1.29, 1.82) is 0 Å². The molecule has 0 aromatic heterocycles. The van der Waals surface area contributed by atoms with Crippen molar-refractivity contribution in [2.45, 2.75) is 6.54 Å². The second-order valence-corrected chi connectivity index (χ2v) is 5.05. The van der Waals surface area contributed by atoms with Gasteiger partial charge in [0.1, 0.15) is 5.75 Å². The van der Waals surface area contributed by atoms with Crippen LogP contribution in [0.25, 0.3) is 0 Å². The average Bonchev–Trinajstić information content (AvgIpc) is 2.47. The van der Waals surface area contributed by atoms with Gasteiger partial charge in [-0.2, -0.15) is 0 Å². The Kier molecular flexibility index (Phi) is 5.44. The van der Waals surface area contributed by atoms with E-state index in [1.54, 1.807) is 42.5 Å². The zero-order chi connectivity index (χ0) is 15.2. The van der Waals surface area contributed by atoms with Crippen molar-refractivity contribution in [3.63, 3.8) is 0 Å². The molecule has 0 saturated carbocycles. The van der Waals surface area contributed by atoms with Crippen LogP contribution in [-0.4, -0.2) is 12.5 Å². The first kappa shape index (κ1) is 15.6. The van der Waals surface area contributed by atoms with Gasteiger partial charge in [0.05, 0.1) is 10.7 Å². The molecule has 0 radical (unpaired) electrons. The van der Waals surface area contributed by atoms with Crippen molar-refractivity contribution in [2.24, 2.45) is 5.73 Å². The van der Waals surface area contributed by atoms with Crippen LogP contribution in [0.3, 0.4) is 0 Å². The lowest BCUT2D eigenvalue weighted by Gasteiger charge is -2.12. The Hall–Kier alpha value is -1.75. The summed E-state index contributed by atoms with van der Waals surface area (Å²) in [5.41, 5.74) is 6.83. The molecule has 0 saturated heterocycles. The lowest BCUT2D eigenvalue weighted by atomic mass is 10.2. The van der Waals surface area contributed by atoms with Crippen LogP contribution in [0.2, 0.25) is 10.0 Å². The number of amides is 1. The van der Waals surface area contributed by atoms with Crippen molar-refractivity contribution in [2.75, 3.05) is 11.9 Å². The molecule has 21 heavy (non-hydrogen) atoms. The highest BCUT2D eigenvalue weighted by Gasteiger charge is 2.10. The number of benzene rings is 2. The van der Waals surface area contributed by atoms with E-state index in [1.807, 2.05) is 0 Å². The minimum atomic E-state index is -0.314. The van der Waals surface area contributed by atoms with Gasteiger partial charge >= 0.3 is 0 Å². The first-order chi connectivity index (χ1) is 10.1. The first-order valence-corrected chi connectivity index (χ1v) is 7.02. The lowest BCUT2D eigenvalue weighted by molar-refractivity contribution is -0.118. The highest BCUT2D eigenvalue weighted by molar-refractivity contribution is 6.33. The number of ether oxygens (including phenoxy) is 1. The maximum Gasteiger partial charge on any atom is 0.262 e. The van der Waals surface area contributed by atoms with Crippen LogP contribution in [0, 0.1) is 0 Å². The summed E-state index contributed by atoms with van der Waals surface area (Å²) < 4.78 is 5.46. The molecule has 2 aromatic carbocycles. The van der Waals surface area contributed by atoms with Crippen molar-refractivity contribution >= 4 is 34.8 Å². The van der Waals surface area contributed by atoms with Gasteiger partial charge in [-0.15, -0.1) is 0 Å². The SMILES string of the molecule is NCc1c(Cl)cccc1OCC(=O)Nc1ccccc1Cl. The third-order valence-corrected chi connectivity index (χ3v) is 3.47. The van der Waals surface area contributed by atoms with Gasteiger partial charge in [0.25, 0.3) is 5.91 Å². The van der Waals surface area contributed by atoms with Gasteiger partial charge in [0.2, 0.25) is 0 Å². The van der Waals surface area contributed by atoms with Crippen molar-refractivity contribution in [1.82, 2.24) is 0 Å². The number of anilines is 1. The van der Waals surface area contributed by atoms with Crippen LogP contribution < -0.4 is 15.8 Å². The molecule has 0 aliphatic carbocycles. The Morgan fingerprint density at radius 1 is 1.10 bits per heavy atom. The molecule has 0 heterocycles. The van der Waals surface area contributed by atoms with Gasteiger partial charge in [0, 0.05) is 17.1 Å². The highest BCUT2D eigenvalue weighted by atomic mass is 35.5. The summed E-state index contributed by atoms with van der Waals surface area (Å²) in [7, 11) is 0. The molecule has 0 unspecified atom stereocenters. The van der Waals surface area contributed by atoms with E-state index in [2.05, 4.69) is 5.32 Å². The minimum absolute atomic E-state index is 0.154. The zero-order valence-corrected chi connectivity index (χ0v) is 12.6. The molecule has 0 bridgehead atoms. The number of hydrogen-bond donors (Lipinski definition) is 2. The van der Waals surface area contributed by atoms with E-state index >= 15 is 0 Å². The molecule has 1 amide bonds. The molecular weight excluding hydrogens is 311 g/mol. The summed E-state index contributed by atoms with van der Waals surface area (Å²) in [5, 5.41) is 3.66. The zero-order valence-electron chi connectivity index (χ0n) is 11.1. The minimum Gasteiger partial charge on any atom is -0.483 e. The fourth-order valence-electron chi connectivity index (χ4n) is 1.76. The van der Waals surface area contributed by atoms with Gasteiger partial charge in [-0.05, 0) is 24.3 Å². The van der Waals surface area contributed by atoms with E-state index in [0.29, 0.717) is 27.0 Å². The van der Waals surface area contributed by atoms with Crippen molar-refractivity contribution < 1.29 is 9.53 Å². The van der Waals surface area contributed by atoms with Crippen LogP contribution in [0.5, 0.6) is 5.75 Å². The van der Waals surface area contributed by atoms with Crippen LogP contribution in [0.1, 0.15) is 5.56 Å². The summed E-state index contributed by atoms with van der Waals surface area (Å²) in [6, 6.07) is 12.2. The van der Waals surface area contributed by atoms with Crippen LogP contribution in [-0.2, 0) is 11.3 Å². The predicted octanol–water partition coefficient (Wildman–Crippen LogP) is 3.47. The first-order valence-electron chi connectivity index (χ1n) is 6.26. The van der Waals surface area contributed by atoms with Gasteiger partial charge < -0.3 is 15.8 Å². The molecule has 110 valence electrons. The third kappa shape index (κ3) is 4.11. The molecule has 0 fully saturated rings. The Morgan fingerprint density at radius 2 is 1.81 bits per heavy atom. The molecule has 0 spiro atoms. The molecule has 4 nitrogen and oxygen atoms in total. The molecule has 2 rings (SSSR count). The molecule has 0 atom stereocenters. The second kappa shape index (κ2) is 7.31.